The van der Waals surface area contributed by atoms with Gasteiger partial charge in [-0.3, -0.25) is 4.79 Å². The Morgan fingerprint density at radius 1 is 1.21 bits per heavy atom. The van der Waals surface area contributed by atoms with Gasteiger partial charge in [-0.1, -0.05) is 30.4 Å². The predicted octanol–water partition coefficient (Wildman–Crippen LogP) is 5.15. The largest absolute Gasteiger partial charge is 0.416 e. The number of halogens is 3. The van der Waals surface area contributed by atoms with Crippen LogP contribution in [0.2, 0.25) is 0 Å². The SMILES string of the molecule is C=C(C)Cn1c([C@@H]2CC(=O)N(c3cccc(C(F)(F)F)c3)C2)nc2ccccc21. The van der Waals surface area contributed by atoms with Gasteiger partial charge in [0.25, 0.3) is 0 Å². The average molecular weight is 399 g/mol. The standard InChI is InChI=1S/C22H20F3N3O/c1-14(2)12-28-19-9-4-3-8-18(19)26-21(28)15-10-20(29)27(13-15)17-7-5-6-16(11-17)22(23,24)25/h3-9,11,15H,1,10,12-13H2,2H3/t15-/m1/s1. The fourth-order valence-corrected chi connectivity index (χ4v) is 3.82. The molecule has 1 atom stereocenters. The Kier molecular flexibility index (Phi) is 4.68. The van der Waals surface area contributed by atoms with Gasteiger partial charge in [-0.05, 0) is 37.3 Å². The summed E-state index contributed by atoms with van der Waals surface area (Å²) in [5.74, 6) is 0.351. The quantitative estimate of drug-likeness (QED) is 0.569. The summed E-state index contributed by atoms with van der Waals surface area (Å²) in [7, 11) is 0. The third-order valence-electron chi connectivity index (χ3n) is 5.09. The molecular weight excluding hydrogens is 379 g/mol. The fourth-order valence-electron chi connectivity index (χ4n) is 3.82. The van der Waals surface area contributed by atoms with E-state index in [0.717, 1.165) is 34.6 Å². The minimum Gasteiger partial charge on any atom is -0.324 e. The van der Waals surface area contributed by atoms with Crippen LogP contribution in [0.15, 0.2) is 60.7 Å². The summed E-state index contributed by atoms with van der Waals surface area (Å²) in [6, 6.07) is 12.6. The van der Waals surface area contributed by atoms with Gasteiger partial charge >= 0.3 is 6.18 Å². The molecule has 0 aliphatic carbocycles. The Hall–Kier alpha value is -3.09. The van der Waals surface area contributed by atoms with Crippen molar-refractivity contribution in [2.24, 2.45) is 0 Å². The van der Waals surface area contributed by atoms with E-state index in [1.165, 1.54) is 17.0 Å². The van der Waals surface area contributed by atoms with Crippen molar-refractivity contribution >= 4 is 22.6 Å². The summed E-state index contributed by atoms with van der Waals surface area (Å²) < 4.78 is 41.2. The Morgan fingerprint density at radius 3 is 2.69 bits per heavy atom. The van der Waals surface area contributed by atoms with Crippen LogP contribution in [0.25, 0.3) is 11.0 Å². The zero-order valence-electron chi connectivity index (χ0n) is 15.9. The summed E-state index contributed by atoms with van der Waals surface area (Å²) in [4.78, 5) is 18.8. The number of alkyl halides is 3. The minimum absolute atomic E-state index is 0.204. The molecule has 4 rings (SSSR count). The van der Waals surface area contributed by atoms with Gasteiger partial charge in [0, 0.05) is 31.1 Å². The second kappa shape index (κ2) is 7.06. The number of rotatable bonds is 4. The predicted molar refractivity (Wildman–Crippen MR) is 106 cm³/mol. The van der Waals surface area contributed by atoms with Gasteiger partial charge in [0.15, 0.2) is 0 Å². The first-order chi connectivity index (χ1) is 13.7. The van der Waals surface area contributed by atoms with Crippen LogP contribution in [0, 0.1) is 0 Å². The van der Waals surface area contributed by atoms with E-state index < -0.39 is 11.7 Å². The third kappa shape index (κ3) is 3.64. The van der Waals surface area contributed by atoms with Gasteiger partial charge in [0.05, 0.1) is 16.6 Å². The number of carbonyl (C=O) groups is 1. The third-order valence-corrected chi connectivity index (χ3v) is 5.09. The van der Waals surface area contributed by atoms with E-state index in [1.54, 1.807) is 0 Å². The van der Waals surface area contributed by atoms with Gasteiger partial charge in [-0.15, -0.1) is 0 Å². The molecule has 0 N–H and O–H groups in total. The van der Waals surface area contributed by atoms with Crippen LogP contribution in [0.5, 0.6) is 0 Å². The van der Waals surface area contributed by atoms with Crippen LogP contribution in [0.3, 0.4) is 0 Å². The number of aromatic nitrogens is 2. The number of nitrogens with zero attached hydrogens (tertiary/aromatic N) is 3. The van der Waals surface area contributed by atoms with E-state index in [9.17, 15) is 18.0 Å². The molecule has 1 amide bonds. The number of anilines is 1. The highest BCUT2D eigenvalue weighted by molar-refractivity contribution is 5.96. The van der Waals surface area contributed by atoms with Crippen LogP contribution in [0.4, 0.5) is 18.9 Å². The van der Waals surface area contributed by atoms with E-state index >= 15 is 0 Å². The van der Waals surface area contributed by atoms with Crippen molar-refractivity contribution in [2.45, 2.75) is 32.0 Å². The molecule has 1 aliphatic heterocycles. The van der Waals surface area contributed by atoms with Crippen LogP contribution in [0.1, 0.15) is 30.7 Å². The van der Waals surface area contributed by atoms with Crippen LogP contribution in [-0.2, 0) is 17.5 Å². The molecule has 1 fully saturated rings. The number of imidazole rings is 1. The zero-order valence-corrected chi connectivity index (χ0v) is 15.9. The number of amides is 1. The van der Waals surface area contributed by atoms with Gasteiger partial charge < -0.3 is 9.47 Å². The van der Waals surface area contributed by atoms with Crippen molar-refractivity contribution in [1.82, 2.24) is 9.55 Å². The van der Waals surface area contributed by atoms with E-state index in [0.29, 0.717) is 13.1 Å². The maximum atomic E-state index is 13.1. The van der Waals surface area contributed by atoms with Crippen molar-refractivity contribution < 1.29 is 18.0 Å². The minimum atomic E-state index is -4.45. The molecule has 0 unspecified atom stereocenters. The normalized spacial score (nSPS) is 17.3. The van der Waals surface area contributed by atoms with Crippen molar-refractivity contribution in [2.75, 3.05) is 11.4 Å². The molecule has 0 saturated carbocycles. The van der Waals surface area contributed by atoms with Crippen LogP contribution >= 0.6 is 0 Å². The Morgan fingerprint density at radius 2 is 1.97 bits per heavy atom. The molecular formula is C22H20F3N3O. The van der Waals surface area contributed by atoms with Crippen LogP contribution < -0.4 is 4.90 Å². The number of hydrogen-bond donors (Lipinski definition) is 0. The highest BCUT2D eigenvalue weighted by Gasteiger charge is 2.36. The van der Waals surface area contributed by atoms with E-state index in [2.05, 4.69) is 6.58 Å². The second-order valence-electron chi connectivity index (χ2n) is 7.46. The van der Waals surface area contributed by atoms with Crippen LogP contribution in [-0.4, -0.2) is 22.0 Å². The Balaban J connectivity index is 1.69. The van der Waals surface area contributed by atoms with Gasteiger partial charge in [0.2, 0.25) is 5.91 Å². The summed E-state index contributed by atoms with van der Waals surface area (Å²) in [5, 5.41) is 0. The van der Waals surface area contributed by atoms with E-state index in [1.807, 2.05) is 35.8 Å². The molecule has 2 aromatic carbocycles. The fraction of sp³-hybridized carbons (Fsp3) is 0.273. The molecule has 0 bridgehead atoms. The molecule has 150 valence electrons. The number of allylic oxidation sites excluding steroid dienone is 1. The lowest BCUT2D eigenvalue weighted by molar-refractivity contribution is -0.137. The first-order valence-corrected chi connectivity index (χ1v) is 9.31. The Labute approximate surface area is 166 Å². The van der Waals surface area contributed by atoms with Crippen molar-refractivity contribution in [1.29, 1.82) is 0 Å². The topological polar surface area (TPSA) is 38.1 Å². The molecule has 7 heteroatoms. The molecule has 0 radical (unpaired) electrons. The van der Waals surface area contributed by atoms with Crippen molar-refractivity contribution in [3.63, 3.8) is 0 Å². The highest BCUT2D eigenvalue weighted by Crippen LogP contribution is 2.36. The zero-order chi connectivity index (χ0) is 20.8. The summed E-state index contributed by atoms with van der Waals surface area (Å²) in [6.07, 6.45) is -4.25. The lowest BCUT2D eigenvalue weighted by atomic mass is 10.1. The number of para-hydroxylation sites is 2. The summed E-state index contributed by atoms with van der Waals surface area (Å²) in [5.41, 5.74) is 2.23. The molecule has 1 aliphatic rings. The van der Waals surface area contributed by atoms with Gasteiger partial charge in [-0.25, -0.2) is 4.98 Å². The second-order valence-corrected chi connectivity index (χ2v) is 7.46. The molecule has 1 saturated heterocycles. The summed E-state index contributed by atoms with van der Waals surface area (Å²) >= 11 is 0. The maximum absolute atomic E-state index is 13.1. The molecule has 4 nitrogen and oxygen atoms in total. The molecule has 1 aromatic heterocycles. The maximum Gasteiger partial charge on any atom is 0.416 e. The van der Waals surface area contributed by atoms with E-state index in [-0.39, 0.29) is 23.9 Å². The first-order valence-electron chi connectivity index (χ1n) is 9.31. The average Bonchev–Trinajstić information content (AvgIpc) is 3.22. The molecule has 2 heterocycles. The van der Waals surface area contributed by atoms with Crippen molar-refractivity contribution in [3.8, 4) is 0 Å². The number of benzene rings is 2. The van der Waals surface area contributed by atoms with Crippen molar-refractivity contribution in [3.05, 3.63) is 72.1 Å². The first kappa shape index (κ1) is 19.2. The monoisotopic (exact) mass is 399 g/mol. The number of hydrogen-bond acceptors (Lipinski definition) is 2. The smallest absolute Gasteiger partial charge is 0.324 e. The molecule has 0 spiro atoms. The van der Waals surface area contributed by atoms with Gasteiger partial charge in [-0.2, -0.15) is 13.2 Å². The summed E-state index contributed by atoms with van der Waals surface area (Å²) in [6.45, 7) is 6.77. The lowest BCUT2D eigenvalue weighted by Crippen LogP contribution is -2.25. The Bertz CT molecular complexity index is 1100. The lowest BCUT2D eigenvalue weighted by Gasteiger charge is -2.19. The van der Waals surface area contributed by atoms with Gasteiger partial charge in [0.1, 0.15) is 5.82 Å². The molecule has 3 aromatic rings. The highest BCUT2D eigenvalue weighted by atomic mass is 19.4. The molecule has 29 heavy (non-hydrogen) atoms. The number of carbonyl (C=O) groups excluding carboxylic acids is 1. The number of fused-ring (bicyclic) bond motifs is 1. The van der Waals surface area contributed by atoms with E-state index in [4.69, 9.17) is 4.98 Å².